The lowest BCUT2D eigenvalue weighted by Gasteiger charge is -2.09. The van der Waals surface area contributed by atoms with Crippen LogP contribution in [-0.4, -0.2) is 11.2 Å². The van der Waals surface area contributed by atoms with Crippen molar-refractivity contribution in [3.63, 3.8) is 0 Å². The molecule has 0 amide bonds. The van der Waals surface area contributed by atoms with Crippen molar-refractivity contribution in [2.24, 2.45) is 0 Å². The van der Waals surface area contributed by atoms with Crippen molar-refractivity contribution in [2.75, 3.05) is 0 Å². The molecule has 2 rings (SSSR count). The number of furan rings is 1. The molecule has 1 unspecified atom stereocenters. The van der Waals surface area contributed by atoms with Gasteiger partial charge in [-0.3, -0.25) is 0 Å². The third-order valence-electron chi connectivity index (χ3n) is 2.41. The molecule has 1 aromatic heterocycles. The Hall–Kier alpha value is -1.61. The van der Waals surface area contributed by atoms with Gasteiger partial charge in [0.05, 0.1) is 18.6 Å². The first kappa shape index (κ1) is 10.9. The molecular formula is C13H13FO2. The van der Waals surface area contributed by atoms with Crippen LogP contribution in [0.2, 0.25) is 0 Å². The first-order chi connectivity index (χ1) is 7.74. The van der Waals surface area contributed by atoms with Crippen molar-refractivity contribution in [3.05, 3.63) is 59.8 Å². The van der Waals surface area contributed by atoms with E-state index < -0.39 is 6.10 Å². The fourth-order valence-corrected chi connectivity index (χ4v) is 1.69. The molecule has 16 heavy (non-hydrogen) atoms. The van der Waals surface area contributed by atoms with E-state index in [0.29, 0.717) is 12.8 Å². The van der Waals surface area contributed by atoms with Crippen LogP contribution in [0.4, 0.5) is 4.39 Å². The average molecular weight is 220 g/mol. The van der Waals surface area contributed by atoms with E-state index in [9.17, 15) is 9.50 Å². The van der Waals surface area contributed by atoms with E-state index in [0.717, 1.165) is 11.1 Å². The summed E-state index contributed by atoms with van der Waals surface area (Å²) >= 11 is 0. The van der Waals surface area contributed by atoms with E-state index in [-0.39, 0.29) is 5.82 Å². The standard InChI is InChI=1S/C13H13FO2/c14-12-3-1-2-10(6-12)7-13(15)8-11-4-5-16-9-11/h1-6,9,13,15H,7-8H2. The maximum absolute atomic E-state index is 12.9. The maximum Gasteiger partial charge on any atom is 0.123 e. The predicted molar refractivity (Wildman–Crippen MR) is 58.5 cm³/mol. The number of aliphatic hydroxyl groups is 1. The van der Waals surface area contributed by atoms with E-state index in [1.807, 2.05) is 12.1 Å². The summed E-state index contributed by atoms with van der Waals surface area (Å²) in [7, 11) is 0. The summed E-state index contributed by atoms with van der Waals surface area (Å²) in [5.41, 5.74) is 1.75. The number of hydrogen-bond acceptors (Lipinski definition) is 2. The molecule has 0 bridgehead atoms. The highest BCUT2D eigenvalue weighted by atomic mass is 19.1. The van der Waals surface area contributed by atoms with Gasteiger partial charge < -0.3 is 9.52 Å². The van der Waals surface area contributed by atoms with Crippen molar-refractivity contribution in [1.29, 1.82) is 0 Å². The highest BCUT2D eigenvalue weighted by molar-refractivity contribution is 5.18. The largest absolute Gasteiger partial charge is 0.472 e. The van der Waals surface area contributed by atoms with Gasteiger partial charge in [-0.15, -0.1) is 0 Å². The van der Waals surface area contributed by atoms with Crippen LogP contribution >= 0.6 is 0 Å². The first-order valence-electron chi connectivity index (χ1n) is 5.17. The van der Waals surface area contributed by atoms with Crippen LogP contribution in [0.25, 0.3) is 0 Å². The second-order valence-electron chi connectivity index (χ2n) is 3.82. The minimum atomic E-state index is -0.514. The van der Waals surface area contributed by atoms with Gasteiger partial charge in [0.2, 0.25) is 0 Å². The summed E-state index contributed by atoms with van der Waals surface area (Å²) in [4.78, 5) is 0. The second-order valence-corrected chi connectivity index (χ2v) is 3.82. The normalized spacial score (nSPS) is 12.6. The van der Waals surface area contributed by atoms with E-state index >= 15 is 0 Å². The maximum atomic E-state index is 12.9. The Morgan fingerprint density at radius 3 is 2.69 bits per heavy atom. The number of aliphatic hydroxyl groups excluding tert-OH is 1. The minimum Gasteiger partial charge on any atom is -0.472 e. The van der Waals surface area contributed by atoms with Crippen LogP contribution in [0.3, 0.4) is 0 Å². The van der Waals surface area contributed by atoms with Crippen LogP contribution in [0.5, 0.6) is 0 Å². The van der Waals surface area contributed by atoms with Crippen molar-refractivity contribution in [3.8, 4) is 0 Å². The van der Waals surface area contributed by atoms with Crippen LogP contribution in [0.1, 0.15) is 11.1 Å². The van der Waals surface area contributed by atoms with E-state index in [1.54, 1.807) is 18.6 Å². The molecule has 0 aliphatic carbocycles. The Balaban J connectivity index is 1.94. The number of hydrogen-bond donors (Lipinski definition) is 1. The van der Waals surface area contributed by atoms with Crippen LogP contribution in [-0.2, 0) is 12.8 Å². The lowest BCUT2D eigenvalue weighted by molar-refractivity contribution is 0.175. The van der Waals surface area contributed by atoms with Gasteiger partial charge in [0.25, 0.3) is 0 Å². The number of halogens is 1. The van der Waals surface area contributed by atoms with Gasteiger partial charge in [-0.05, 0) is 35.7 Å². The lowest BCUT2D eigenvalue weighted by atomic mass is 10.0. The Morgan fingerprint density at radius 1 is 1.19 bits per heavy atom. The zero-order valence-electron chi connectivity index (χ0n) is 8.77. The molecule has 0 fully saturated rings. The van der Waals surface area contributed by atoms with Gasteiger partial charge in [-0.2, -0.15) is 0 Å². The summed E-state index contributed by atoms with van der Waals surface area (Å²) in [5, 5.41) is 9.80. The Kier molecular flexibility index (Phi) is 3.37. The molecule has 0 saturated carbocycles. The molecular weight excluding hydrogens is 207 g/mol. The number of benzene rings is 1. The topological polar surface area (TPSA) is 33.4 Å². The number of rotatable bonds is 4. The van der Waals surface area contributed by atoms with Crippen molar-refractivity contribution < 1.29 is 13.9 Å². The summed E-state index contributed by atoms with van der Waals surface area (Å²) in [6.07, 6.45) is 3.63. The molecule has 1 atom stereocenters. The second kappa shape index (κ2) is 4.94. The third-order valence-corrected chi connectivity index (χ3v) is 2.41. The van der Waals surface area contributed by atoms with E-state index in [2.05, 4.69) is 0 Å². The lowest BCUT2D eigenvalue weighted by Crippen LogP contribution is -2.13. The Morgan fingerprint density at radius 2 is 2.00 bits per heavy atom. The van der Waals surface area contributed by atoms with Gasteiger partial charge >= 0.3 is 0 Å². The van der Waals surface area contributed by atoms with Crippen molar-refractivity contribution in [2.45, 2.75) is 18.9 Å². The Labute approximate surface area is 93.3 Å². The molecule has 3 heteroatoms. The zero-order chi connectivity index (χ0) is 11.4. The highest BCUT2D eigenvalue weighted by Gasteiger charge is 2.08. The van der Waals surface area contributed by atoms with Crippen LogP contribution in [0.15, 0.2) is 47.3 Å². The molecule has 0 radical (unpaired) electrons. The quantitative estimate of drug-likeness (QED) is 0.859. The molecule has 0 aliphatic heterocycles. The van der Waals surface area contributed by atoms with Gasteiger partial charge in [-0.1, -0.05) is 12.1 Å². The van der Waals surface area contributed by atoms with Crippen molar-refractivity contribution in [1.82, 2.24) is 0 Å². The SMILES string of the molecule is OC(Cc1ccoc1)Cc1cccc(F)c1. The average Bonchev–Trinajstić information content (AvgIpc) is 2.70. The molecule has 0 aliphatic rings. The fraction of sp³-hybridized carbons (Fsp3) is 0.231. The Bertz CT molecular complexity index is 437. The van der Waals surface area contributed by atoms with E-state index in [4.69, 9.17) is 4.42 Å². The monoisotopic (exact) mass is 220 g/mol. The molecule has 0 saturated heterocycles. The summed E-state index contributed by atoms with van der Waals surface area (Å²) in [5.74, 6) is -0.270. The molecule has 1 aromatic carbocycles. The summed E-state index contributed by atoms with van der Waals surface area (Å²) in [6.45, 7) is 0. The van der Waals surface area contributed by atoms with Crippen LogP contribution in [0, 0.1) is 5.82 Å². The van der Waals surface area contributed by atoms with Gasteiger partial charge in [0.1, 0.15) is 5.82 Å². The predicted octanol–water partition coefficient (Wildman–Crippen LogP) is 2.56. The molecule has 1 N–H and O–H groups in total. The van der Waals surface area contributed by atoms with E-state index in [1.165, 1.54) is 12.1 Å². The molecule has 1 heterocycles. The molecule has 2 nitrogen and oxygen atoms in total. The van der Waals surface area contributed by atoms with Gasteiger partial charge in [-0.25, -0.2) is 4.39 Å². The summed E-state index contributed by atoms with van der Waals surface area (Å²) in [6, 6.07) is 8.11. The third kappa shape index (κ3) is 2.94. The summed E-state index contributed by atoms with van der Waals surface area (Å²) < 4.78 is 17.8. The molecule has 0 spiro atoms. The van der Waals surface area contributed by atoms with Crippen LogP contribution < -0.4 is 0 Å². The smallest absolute Gasteiger partial charge is 0.123 e. The van der Waals surface area contributed by atoms with Gasteiger partial charge in [0.15, 0.2) is 0 Å². The highest BCUT2D eigenvalue weighted by Crippen LogP contribution is 2.10. The fourth-order valence-electron chi connectivity index (χ4n) is 1.69. The zero-order valence-corrected chi connectivity index (χ0v) is 8.77. The first-order valence-corrected chi connectivity index (χ1v) is 5.17. The van der Waals surface area contributed by atoms with Crippen molar-refractivity contribution >= 4 is 0 Å². The molecule has 84 valence electrons. The van der Waals surface area contributed by atoms with Gasteiger partial charge in [0, 0.05) is 6.42 Å². The minimum absolute atomic E-state index is 0.270. The molecule has 2 aromatic rings.